The molecule has 0 aromatic heterocycles. The minimum atomic E-state index is 0.305. The second-order valence-electron chi connectivity index (χ2n) is 5.49. The van der Waals surface area contributed by atoms with Crippen molar-refractivity contribution in [2.75, 3.05) is 6.54 Å². The molecule has 0 aliphatic carbocycles. The number of rotatable bonds is 8. The number of piperidine rings is 1. The highest BCUT2D eigenvalue weighted by atomic mass is 16.1. The predicted octanol–water partition coefficient (Wildman–Crippen LogP) is 3.90. The van der Waals surface area contributed by atoms with Crippen molar-refractivity contribution in [3.05, 3.63) is 0 Å². The summed E-state index contributed by atoms with van der Waals surface area (Å²) in [4.78, 5) is 11.7. The fraction of sp³-hybridized carbons (Fsp3) is 0.933. The zero-order chi connectivity index (χ0) is 12.5. The van der Waals surface area contributed by atoms with Crippen LogP contribution in [0.25, 0.3) is 0 Å². The van der Waals surface area contributed by atoms with Crippen LogP contribution in [-0.2, 0) is 4.79 Å². The van der Waals surface area contributed by atoms with Crippen LogP contribution in [0.15, 0.2) is 0 Å². The summed E-state index contributed by atoms with van der Waals surface area (Å²) < 4.78 is 0. The fourth-order valence-electron chi connectivity index (χ4n) is 2.81. The molecule has 0 saturated carbocycles. The molecule has 1 rings (SSSR count). The number of hydrogen-bond acceptors (Lipinski definition) is 1. The first kappa shape index (κ1) is 14.5. The van der Waals surface area contributed by atoms with Crippen molar-refractivity contribution in [1.82, 2.24) is 5.32 Å². The Morgan fingerprint density at radius 1 is 1.29 bits per heavy atom. The number of amides is 1. The van der Waals surface area contributed by atoms with Gasteiger partial charge in [0, 0.05) is 12.5 Å². The second-order valence-corrected chi connectivity index (χ2v) is 5.49. The summed E-state index contributed by atoms with van der Waals surface area (Å²) in [5.74, 6) is 1.38. The Kier molecular flexibility index (Phi) is 7.30. The molecule has 1 heterocycles. The van der Waals surface area contributed by atoms with Gasteiger partial charge in [-0.2, -0.15) is 0 Å². The molecular weight excluding hydrogens is 210 g/mol. The van der Waals surface area contributed by atoms with E-state index in [1.165, 1.54) is 44.9 Å². The number of hydrogen-bond donors (Lipinski definition) is 1. The lowest BCUT2D eigenvalue weighted by Crippen LogP contribution is -2.37. The molecule has 0 radical (unpaired) electrons. The summed E-state index contributed by atoms with van der Waals surface area (Å²) in [6, 6.07) is 0. The SMILES string of the molecule is CCCCCCC(CC)CC1CCCNC1=O. The first-order valence-electron chi connectivity index (χ1n) is 7.55. The van der Waals surface area contributed by atoms with Gasteiger partial charge in [-0.15, -0.1) is 0 Å². The highest BCUT2D eigenvalue weighted by Crippen LogP contribution is 2.26. The maximum absolute atomic E-state index is 11.7. The molecule has 0 aromatic carbocycles. The van der Waals surface area contributed by atoms with E-state index in [1.807, 2.05) is 0 Å². The van der Waals surface area contributed by atoms with E-state index in [0.717, 1.165) is 25.3 Å². The van der Waals surface area contributed by atoms with Gasteiger partial charge >= 0.3 is 0 Å². The second kappa shape index (κ2) is 8.54. The zero-order valence-electron chi connectivity index (χ0n) is 11.6. The predicted molar refractivity (Wildman–Crippen MR) is 72.9 cm³/mol. The lowest BCUT2D eigenvalue weighted by atomic mass is 9.84. The molecule has 1 N–H and O–H groups in total. The van der Waals surface area contributed by atoms with Crippen LogP contribution in [-0.4, -0.2) is 12.5 Å². The highest BCUT2D eigenvalue weighted by Gasteiger charge is 2.24. The summed E-state index contributed by atoms with van der Waals surface area (Å²) in [7, 11) is 0. The van der Waals surface area contributed by atoms with Crippen molar-refractivity contribution >= 4 is 5.91 Å². The standard InChI is InChI=1S/C15H29NO/c1-3-5-6-7-9-13(4-2)12-14-10-8-11-16-15(14)17/h13-14H,3-12H2,1-2H3,(H,16,17). The Morgan fingerprint density at radius 2 is 2.12 bits per heavy atom. The van der Waals surface area contributed by atoms with E-state index < -0.39 is 0 Å². The van der Waals surface area contributed by atoms with Crippen LogP contribution in [0.5, 0.6) is 0 Å². The van der Waals surface area contributed by atoms with E-state index in [9.17, 15) is 4.79 Å². The molecular formula is C15H29NO. The third-order valence-corrected chi connectivity index (χ3v) is 4.06. The van der Waals surface area contributed by atoms with Gasteiger partial charge in [0.2, 0.25) is 5.91 Å². The zero-order valence-corrected chi connectivity index (χ0v) is 11.6. The molecule has 1 saturated heterocycles. The topological polar surface area (TPSA) is 29.1 Å². The van der Waals surface area contributed by atoms with Gasteiger partial charge in [-0.1, -0.05) is 52.4 Å². The van der Waals surface area contributed by atoms with E-state index in [-0.39, 0.29) is 0 Å². The summed E-state index contributed by atoms with van der Waals surface area (Å²) >= 11 is 0. The molecule has 0 aromatic rings. The lowest BCUT2D eigenvalue weighted by molar-refractivity contribution is -0.127. The lowest BCUT2D eigenvalue weighted by Gasteiger charge is -2.25. The third kappa shape index (κ3) is 5.56. The van der Waals surface area contributed by atoms with Crippen LogP contribution in [0.2, 0.25) is 0 Å². The quantitative estimate of drug-likeness (QED) is 0.639. The van der Waals surface area contributed by atoms with Crippen molar-refractivity contribution in [2.24, 2.45) is 11.8 Å². The van der Waals surface area contributed by atoms with Crippen molar-refractivity contribution < 1.29 is 4.79 Å². The van der Waals surface area contributed by atoms with Gasteiger partial charge in [0.1, 0.15) is 0 Å². The Hall–Kier alpha value is -0.530. The minimum Gasteiger partial charge on any atom is -0.356 e. The van der Waals surface area contributed by atoms with Crippen molar-refractivity contribution in [1.29, 1.82) is 0 Å². The summed E-state index contributed by atoms with van der Waals surface area (Å²) in [6.07, 6.45) is 11.3. The number of carbonyl (C=O) groups is 1. The van der Waals surface area contributed by atoms with Crippen LogP contribution in [0.1, 0.15) is 71.6 Å². The van der Waals surface area contributed by atoms with Gasteiger partial charge < -0.3 is 5.32 Å². The van der Waals surface area contributed by atoms with Gasteiger partial charge in [-0.3, -0.25) is 4.79 Å². The number of carbonyl (C=O) groups excluding carboxylic acids is 1. The van der Waals surface area contributed by atoms with Gasteiger partial charge in [-0.05, 0) is 25.2 Å². The molecule has 1 amide bonds. The van der Waals surface area contributed by atoms with E-state index >= 15 is 0 Å². The molecule has 2 unspecified atom stereocenters. The normalized spacial score (nSPS) is 22.2. The van der Waals surface area contributed by atoms with Gasteiger partial charge in [-0.25, -0.2) is 0 Å². The molecule has 2 nitrogen and oxygen atoms in total. The first-order chi connectivity index (χ1) is 8.27. The Bertz CT molecular complexity index is 215. The van der Waals surface area contributed by atoms with Gasteiger partial charge in [0.25, 0.3) is 0 Å². The van der Waals surface area contributed by atoms with E-state index in [4.69, 9.17) is 0 Å². The van der Waals surface area contributed by atoms with E-state index in [1.54, 1.807) is 0 Å². The largest absolute Gasteiger partial charge is 0.356 e. The summed E-state index contributed by atoms with van der Waals surface area (Å²) in [6.45, 7) is 5.41. The van der Waals surface area contributed by atoms with Crippen LogP contribution in [0.3, 0.4) is 0 Å². The van der Waals surface area contributed by atoms with Crippen LogP contribution < -0.4 is 5.32 Å². The maximum Gasteiger partial charge on any atom is 0.223 e. The minimum absolute atomic E-state index is 0.305. The third-order valence-electron chi connectivity index (χ3n) is 4.06. The number of nitrogens with one attached hydrogen (secondary N) is 1. The Morgan fingerprint density at radius 3 is 2.76 bits per heavy atom. The smallest absolute Gasteiger partial charge is 0.223 e. The molecule has 1 aliphatic heterocycles. The fourth-order valence-corrected chi connectivity index (χ4v) is 2.81. The highest BCUT2D eigenvalue weighted by molar-refractivity contribution is 5.79. The molecule has 17 heavy (non-hydrogen) atoms. The van der Waals surface area contributed by atoms with Crippen molar-refractivity contribution in [3.8, 4) is 0 Å². The maximum atomic E-state index is 11.7. The van der Waals surface area contributed by atoms with Crippen molar-refractivity contribution in [2.45, 2.75) is 71.6 Å². The molecule has 0 spiro atoms. The average molecular weight is 239 g/mol. The Labute approximate surface area is 107 Å². The van der Waals surface area contributed by atoms with Gasteiger partial charge in [0.15, 0.2) is 0 Å². The van der Waals surface area contributed by atoms with Crippen molar-refractivity contribution in [3.63, 3.8) is 0 Å². The van der Waals surface area contributed by atoms with E-state index in [0.29, 0.717) is 11.8 Å². The average Bonchev–Trinajstić information content (AvgIpc) is 2.35. The van der Waals surface area contributed by atoms with E-state index in [2.05, 4.69) is 19.2 Å². The van der Waals surface area contributed by atoms with Crippen LogP contribution in [0.4, 0.5) is 0 Å². The number of unbranched alkanes of at least 4 members (excludes halogenated alkanes) is 3. The molecule has 2 heteroatoms. The molecule has 0 bridgehead atoms. The first-order valence-corrected chi connectivity index (χ1v) is 7.55. The molecule has 100 valence electrons. The van der Waals surface area contributed by atoms with Crippen LogP contribution >= 0.6 is 0 Å². The monoisotopic (exact) mass is 239 g/mol. The summed E-state index contributed by atoms with van der Waals surface area (Å²) in [5.41, 5.74) is 0. The summed E-state index contributed by atoms with van der Waals surface area (Å²) in [5, 5.41) is 3.00. The van der Waals surface area contributed by atoms with Gasteiger partial charge in [0.05, 0.1) is 0 Å². The molecule has 2 atom stereocenters. The van der Waals surface area contributed by atoms with Crippen LogP contribution in [0, 0.1) is 11.8 Å². The Balaban J connectivity index is 2.22. The molecule has 1 fully saturated rings. The molecule has 1 aliphatic rings.